The fraction of sp³-hybridized carbons (Fsp3) is 0.200. The van der Waals surface area contributed by atoms with Crippen LogP contribution >= 0.6 is 27.3 Å². The normalized spacial score (nSPS) is 10.1. The van der Waals surface area contributed by atoms with E-state index >= 15 is 0 Å². The molecule has 16 heavy (non-hydrogen) atoms. The van der Waals surface area contributed by atoms with Crippen molar-refractivity contribution >= 4 is 33.2 Å². The van der Waals surface area contributed by atoms with Gasteiger partial charge in [0, 0.05) is 17.1 Å². The fourth-order valence-corrected chi connectivity index (χ4v) is 2.58. The molecule has 0 saturated heterocycles. The minimum Gasteiger partial charge on any atom is -0.481 e. The molecule has 2 aromatic heterocycles. The van der Waals surface area contributed by atoms with E-state index in [1.54, 1.807) is 30.7 Å². The molecule has 2 rings (SSSR count). The van der Waals surface area contributed by atoms with E-state index in [9.17, 15) is 0 Å². The second-order valence-corrected chi connectivity index (χ2v) is 5.53. The van der Waals surface area contributed by atoms with Crippen molar-refractivity contribution in [3.8, 4) is 5.88 Å². The van der Waals surface area contributed by atoms with E-state index in [1.807, 2.05) is 6.07 Å². The molecule has 0 unspecified atom stereocenters. The Balaban J connectivity index is 1.99. The van der Waals surface area contributed by atoms with Crippen molar-refractivity contribution < 1.29 is 4.74 Å². The Morgan fingerprint density at radius 1 is 1.44 bits per heavy atom. The number of methoxy groups -OCH3 is 1. The molecule has 0 radical (unpaired) electrons. The number of aromatic nitrogens is 2. The highest BCUT2D eigenvalue weighted by Gasteiger charge is 2.00. The van der Waals surface area contributed by atoms with E-state index in [4.69, 9.17) is 4.74 Å². The summed E-state index contributed by atoms with van der Waals surface area (Å²) in [4.78, 5) is 9.48. The second-order valence-electron chi connectivity index (χ2n) is 2.98. The highest BCUT2D eigenvalue weighted by Crippen LogP contribution is 2.22. The molecular weight excluding hydrogens is 290 g/mol. The van der Waals surface area contributed by atoms with Crippen molar-refractivity contribution in [3.05, 3.63) is 33.1 Å². The van der Waals surface area contributed by atoms with Gasteiger partial charge in [-0.15, -0.1) is 11.3 Å². The van der Waals surface area contributed by atoms with Crippen LogP contribution in [-0.2, 0) is 6.54 Å². The van der Waals surface area contributed by atoms with Crippen molar-refractivity contribution in [2.45, 2.75) is 6.54 Å². The molecule has 0 fully saturated rings. The van der Waals surface area contributed by atoms with Gasteiger partial charge in [-0.3, -0.25) is 0 Å². The van der Waals surface area contributed by atoms with Crippen molar-refractivity contribution in [2.24, 2.45) is 0 Å². The molecule has 84 valence electrons. The van der Waals surface area contributed by atoms with Crippen LogP contribution in [0.5, 0.6) is 5.88 Å². The average Bonchev–Trinajstić information content (AvgIpc) is 2.73. The van der Waals surface area contributed by atoms with E-state index in [0.29, 0.717) is 18.4 Å². The first-order valence-electron chi connectivity index (χ1n) is 4.63. The lowest BCUT2D eigenvalue weighted by atomic mass is 10.5. The quantitative estimate of drug-likeness (QED) is 0.943. The smallest absolute Gasteiger partial charge is 0.226 e. The zero-order valence-electron chi connectivity index (χ0n) is 8.61. The van der Waals surface area contributed by atoms with Crippen molar-refractivity contribution in [3.63, 3.8) is 0 Å². The molecule has 2 aromatic rings. The Labute approximate surface area is 106 Å². The molecular formula is C10H10BrN3OS. The van der Waals surface area contributed by atoms with Gasteiger partial charge in [0.2, 0.25) is 11.8 Å². The van der Waals surface area contributed by atoms with E-state index in [-0.39, 0.29) is 0 Å². The van der Waals surface area contributed by atoms with E-state index in [2.05, 4.69) is 37.3 Å². The monoisotopic (exact) mass is 299 g/mol. The van der Waals surface area contributed by atoms with Crippen LogP contribution in [0, 0.1) is 0 Å². The molecule has 0 aromatic carbocycles. The summed E-state index contributed by atoms with van der Waals surface area (Å²) in [5, 5.41) is 3.14. The molecule has 0 spiro atoms. The van der Waals surface area contributed by atoms with E-state index < -0.39 is 0 Å². The van der Waals surface area contributed by atoms with Gasteiger partial charge in [0.05, 0.1) is 17.4 Å². The van der Waals surface area contributed by atoms with Crippen LogP contribution < -0.4 is 10.1 Å². The molecule has 0 atom stereocenters. The molecule has 2 heterocycles. The highest BCUT2D eigenvalue weighted by molar-refractivity contribution is 9.11. The van der Waals surface area contributed by atoms with Crippen LogP contribution in [0.3, 0.4) is 0 Å². The third kappa shape index (κ3) is 2.93. The van der Waals surface area contributed by atoms with Gasteiger partial charge in [0.25, 0.3) is 0 Å². The standard InChI is InChI=1S/C10H10BrN3OS/c1-15-9-4-5-12-10(14-9)13-6-7-2-3-8(11)16-7/h2-5H,6H2,1H3,(H,12,13,14). The third-order valence-electron chi connectivity index (χ3n) is 1.89. The van der Waals surface area contributed by atoms with Crippen LogP contribution in [-0.4, -0.2) is 17.1 Å². The predicted octanol–water partition coefficient (Wildman–Crippen LogP) is 2.92. The lowest BCUT2D eigenvalue weighted by molar-refractivity contribution is 0.397. The van der Waals surface area contributed by atoms with Crippen LogP contribution in [0.1, 0.15) is 4.88 Å². The summed E-state index contributed by atoms with van der Waals surface area (Å²) in [7, 11) is 1.59. The Morgan fingerprint density at radius 3 is 3.00 bits per heavy atom. The van der Waals surface area contributed by atoms with Gasteiger partial charge in [-0.2, -0.15) is 4.98 Å². The lowest BCUT2D eigenvalue weighted by Crippen LogP contribution is -2.02. The van der Waals surface area contributed by atoms with Crippen molar-refractivity contribution in [2.75, 3.05) is 12.4 Å². The van der Waals surface area contributed by atoms with Crippen LogP contribution in [0.15, 0.2) is 28.2 Å². The van der Waals surface area contributed by atoms with Gasteiger partial charge >= 0.3 is 0 Å². The average molecular weight is 300 g/mol. The predicted molar refractivity (Wildman–Crippen MR) is 67.9 cm³/mol. The van der Waals surface area contributed by atoms with Gasteiger partial charge in [-0.05, 0) is 28.1 Å². The van der Waals surface area contributed by atoms with Crippen LogP contribution in [0.2, 0.25) is 0 Å². The minimum absolute atomic E-state index is 0.560. The summed E-state index contributed by atoms with van der Waals surface area (Å²) in [6.45, 7) is 0.712. The summed E-state index contributed by atoms with van der Waals surface area (Å²) in [6.07, 6.45) is 1.67. The zero-order chi connectivity index (χ0) is 11.4. The van der Waals surface area contributed by atoms with Gasteiger partial charge in [-0.25, -0.2) is 4.98 Å². The Hall–Kier alpha value is -1.14. The number of anilines is 1. The van der Waals surface area contributed by atoms with Gasteiger partial charge in [-0.1, -0.05) is 0 Å². The molecule has 0 saturated carbocycles. The van der Waals surface area contributed by atoms with Crippen LogP contribution in [0.4, 0.5) is 5.95 Å². The van der Waals surface area contributed by atoms with Gasteiger partial charge < -0.3 is 10.1 Å². The molecule has 0 bridgehead atoms. The number of nitrogens with zero attached hydrogens (tertiary/aromatic N) is 2. The Kier molecular flexibility index (Phi) is 3.74. The topological polar surface area (TPSA) is 47.0 Å². The first-order valence-corrected chi connectivity index (χ1v) is 6.24. The molecule has 0 amide bonds. The maximum atomic E-state index is 5.01. The first-order chi connectivity index (χ1) is 7.78. The molecule has 4 nitrogen and oxygen atoms in total. The SMILES string of the molecule is COc1ccnc(NCc2ccc(Br)s2)n1. The number of ether oxygens (including phenoxy) is 1. The number of thiophene rings is 1. The molecule has 0 aliphatic carbocycles. The van der Waals surface area contributed by atoms with E-state index in [0.717, 1.165) is 3.79 Å². The maximum Gasteiger partial charge on any atom is 0.226 e. The zero-order valence-corrected chi connectivity index (χ0v) is 11.0. The fourth-order valence-electron chi connectivity index (χ4n) is 1.15. The molecule has 0 aliphatic rings. The number of rotatable bonds is 4. The highest BCUT2D eigenvalue weighted by atomic mass is 79.9. The van der Waals surface area contributed by atoms with E-state index in [1.165, 1.54) is 4.88 Å². The Morgan fingerprint density at radius 2 is 2.31 bits per heavy atom. The van der Waals surface area contributed by atoms with Gasteiger partial charge in [0.15, 0.2) is 0 Å². The second kappa shape index (κ2) is 5.27. The Bertz CT molecular complexity index is 475. The number of nitrogens with one attached hydrogen (secondary N) is 1. The summed E-state index contributed by atoms with van der Waals surface area (Å²) in [5.74, 6) is 1.13. The van der Waals surface area contributed by atoms with Crippen molar-refractivity contribution in [1.82, 2.24) is 9.97 Å². The number of hydrogen-bond acceptors (Lipinski definition) is 5. The lowest BCUT2D eigenvalue weighted by Gasteiger charge is -2.03. The first kappa shape index (κ1) is 11.3. The molecule has 6 heteroatoms. The summed E-state index contributed by atoms with van der Waals surface area (Å²) < 4.78 is 6.14. The van der Waals surface area contributed by atoms with Crippen molar-refractivity contribution in [1.29, 1.82) is 0 Å². The molecule has 1 N–H and O–H groups in total. The maximum absolute atomic E-state index is 5.01. The molecule has 0 aliphatic heterocycles. The summed E-state index contributed by atoms with van der Waals surface area (Å²) in [6, 6.07) is 5.79. The number of hydrogen-bond donors (Lipinski definition) is 1. The third-order valence-corrected chi connectivity index (χ3v) is 3.51. The van der Waals surface area contributed by atoms with Gasteiger partial charge in [0.1, 0.15) is 0 Å². The minimum atomic E-state index is 0.560. The largest absolute Gasteiger partial charge is 0.481 e. The summed E-state index contributed by atoms with van der Waals surface area (Å²) >= 11 is 5.10. The summed E-state index contributed by atoms with van der Waals surface area (Å²) in [5.41, 5.74) is 0. The number of halogens is 1. The van der Waals surface area contributed by atoms with Crippen LogP contribution in [0.25, 0.3) is 0 Å².